The van der Waals surface area contributed by atoms with E-state index >= 15 is 0 Å². The Morgan fingerprint density at radius 2 is 1.86 bits per heavy atom. The SMILES string of the molecule is CC(C)Oc1ccc(C(=O)C2CCNCC2)cc1C(C)(C)C. The lowest BCUT2D eigenvalue weighted by Crippen LogP contribution is -2.32. The van der Waals surface area contributed by atoms with Crippen LogP contribution in [0.3, 0.4) is 0 Å². The van der Waals surface area contributed by atoms with E-state index in [-0.39, 0.29) is 23.2 Å². The Labute approximate surface area is 134 Å². The van der Waals surface area contributed by atoms with Crippen LogP contribution >= 0.6 is 0 Å². The van der Waals surface area contributed by atoms with Gasteiger partial charge in [-0.1, -0.05) is 20.8 Å². The van der Waals surface area contributed by atoms with Crippen molar-refractivity contribution in [3.8, 4) is 5.75 Å². The van der Waals surface area contributed by atoms with E-state index in [1.807, 2.05) is 32.0 Å². The monoisotopic (exact) mass is 303 g/mol. The summed E-state index contributed by atoms with van der Waals surface area (Å²) in [6, 6.07) is 5.94. The molecule has 122 valence electrons. The maximum atomic E-state index is 12.7. The van der Waals surface area contributed by atoms with Gasteiger partial charge in [0, 0.05) is 17.0 Å². The molecule has 1 saturated heterocycles. The van der Waals surface area contributed by atoms with Crippen molar-refractivity contribution in [1.29, 1.82) is 0 Å². The van der Waals surface area contributed by atoms with Gasteiger partial charge in [0.15, 0.2) is 5.78 Å². The maximum Gasteiger partial charge on any atom is 0.166 e. The number of ketones is 1. The van der Waals surface area contributed by atoms with E-state index in [9.17, 15) is 4.79 Å². The zero-order chi connectivity index (χ0) is 16.3. The minimum atomic E-state index is -0.0470. The molecule has 1 N–H and O–H groups in total. The lowest BCUT2D eigenvalue weighted by Gasteiger charge is -2.26. The number of rotatable bonds is 4. The molecule has 3 heteroatoms. The van der Waals surface area contributed by atoms with E-state index in [0.717, 1.165) is 42.8 Å². The van der Waals surface area contributed by atoms with Crippen molar-refractivity contribution in [3.05, 3.63) is 29.3 Å². The molecule has 0 atom stereocenters. The molecule has 1 heterocycles. The van der Waals surface area contributed by atoms with E-state index in [4.69, 9.17) is 4.74 Å². The van der Waals surface area contributed by atoms with Crippen LogP contribution in [0.15, 0.2) is 18.2 Å². The molecule has 0 amide bonds. The second-order valence-corrected chi connectivity index (χ2v) is 7.52. The average molecular weight is 303 g/mol. The predicted molar refractivity (Wildman–Crippen MR) is 90.8 cm³/mol. The van der Waals surface area contributed by atoms with Gasteiger partial charge < -0.3 is 10.1 Å². The van der Waals surface area contributed by atoms with Gasteiger partial charge in [-0.2, -0.15) is 0 Å². The van der Waals surface area contributed by atoms with Gasteiger partial charge in [0.1, 0.15) is 5.75 Å². The summed E-state index contributed by atoms with van der Waals surface area (Å²) in [5.41, 5.74) is 1.89. The number of nitrogens with one attached hydrogen (secondary N) is 1. The van der Waals surface area contributed by atoms with Gasteiger partial charge in [0.25, 0.3) is 0 Å². The molecule has 0 aromatic heterocycles. The maximum absolute atomic E-state index is 12.7. The van der Waals surface area contributed by atoms with Gasteiger partial charge in [-0.15, -0.1) is 0 Å². The van der Waals surface area contributed by atoms with Crippen molar-refractivity contribution in [2.24, 2.45) is 5.92 Å². The molecule has 0 radical (unpaired) electrons. The number of ether oxygens (including phenoxy) is 1. The summed E-state index contributed by atoms with van der Waals surface area (Å²) in [5.74, 6) is 1.33. The Kier molecular flexibility index (Phi) is 5.28. The zero-order valence-electron chi connectivity index (χ0n) is 14.5. The fourth-order valence-corrected chi connectivity index (χ4v) is 2.95. The Morgan fingerprint density at radius 3 is 2.41 bits per heavy atom. The van der Waals surface area contributed by atoms with Gasteiger partial charge in [-0.3, -0.25) is 4.79 Å². The number of piperidine rings is 1. The van der Waals surface area contributed by atoms with Crippen molar-refractivity contribution in [2.75, 3.05) is 13.1 Å². The average Bonchev–Trinajstić information content (AvgIpc) is 2.46. The quantitative estimate of drug-likeness (QED) is 0.856. The summed E-state index contributed by atoms with van der Waals surface area (Å²) in [4.78, 5) is 12.7. The molecule has 1 aromatic rings. The van der Waals surface area contributed by atoms with Crippen molar-refractivity contribution in [3.63, 3.8) is 0 Å². The highest BCUT2D eigenvalue weighted by Gasteiger charge is 2.25. The van der Waals surface area contributed by atoms with Crippen LogP contribution in [0.2, 0.25) is 0 Å². The molecule has 1 fully saturated rings. The molecule has 1 aliphatic heterocycles. The molecular formula is C19H29NO2. The molecule has 2 rings (SSSR count). The summed E-state index contributed by atoms with van der Waals surface area (Å²) in [5, 5.41) is 3.32. The van der Waals surface area contributed by atoms with Crippen molar-refractivity contribution >= 4 is 5.78 Å². The number of Topliss-reactive ketones (excluding diaryl/α,β-unsaturated/α-hetero) is 1. The number of hydrogen-bond acceptors (Lipinski definition) is 3. The van der Waals surface area contributed by atoms with Crippen LogP contribution in [0.4, 0.5) is 0 Å². The molecule has 0 saturated carbocycles. The van der Waals surface area contributed by atoms with Crippen LogP contribution in [0.1, 0.15) is 63.4 Å². The van der Waals surface area contributed by atoms with Crippen molar-refractivity contribution in [1.82, 2.24) is 5.32 Å². The van der Waals surface area contributed by atoms with E-state index in [1.165, 1.54) is 0 Å². The Hall–Kier alpha value is -1.35. The fraction of sp³-hybridized carbons (Fsp3) is 0.632. The second kappa shape index (κ2) is 6.82. The highest BCUT2D eigenvalue weighted by molar-refractivity contribution is 5.98. The summed E-state index contributed by atoms with van der Waals surface area (Å²) >= 11 is 0. The normalized spacial score (nSPS) is 16.8. The standard InChI is InChI=1S/C19H29NO2/c1-13(2)22-17-7-6-15(12-16(17)19(3,4)5)18(21)14-8-10-20-11-9-14/h6-7,12-14,20H,8-11H2,1-5H3. The van der Waals surface area contributed by atoms with E-state index in [2.05, 4.69) is 26.1 Å². The predicted octanol–water partition coefficient (Wildman–Crippen LogP) is 3.95. The number of benzene rings is 1. The van der Waals surface area contributed by atoms with Crippen LogP contribution < -0.4 is 10.1 Å². The van der Waals surface area contributed by atoms with Gasteiger partial charge >= 0.3 is 0 Å². The molecule has 0 unspecified atom stereocenters. The lowest BCUT2D eigenvalue weighted by atomic mass is 9.83. The highest BCUT2D eigenvalue weighted by Crippen LogP contribution is 2.33. The molecule has 1 aromatic carbocycles. The van der Waals surface area contributed by atoms with E-state index < -0.39 is 0 Å². The molecule has 0 spiro atoms. The molecular weight excluding hydrogens is 274 g/mol. The van der Waals surface area contributed by atoms with Gasteiger partial charge in [-0.05, 0) is 63.4 Å². The first-order valence-corrected chi connectivity index (χ1v) is 8.35. The van der Waals surface area contributed by atoms with Gasteiger partial charge in [-0.25, -0.2) is 0 Å². The Morgan fingerprint density at radius 1 is 1.23 bits per heavy atom. The van der Waals surface area contributed by atoms with Crippen molar-refractivity contribution in [2.45, 2.75) is 59.0 Å². The van der Waals surface area contributed by atoms with E-state index in [0.29, 0.717) is 0 Å². The minimum Gasteiger partial charge on any atom is -0.491 e. The summed E-state index contributed by atoms with van der Waals surface area (Å²) in [6.07, 6.45) is 2.01. The van der Waals surface area contributed by atoms with Gasteiger partial charge in [0.05, 0.1) is 6.10 Å². The first kappa shape index (κ1) is 17.0. The smallest absolute Gasteiger partial charge is 0.166 e. The minimum absolute atomic E-state index is 0.0470. The molecule has 0 bridgehead atoms. The summed E-state index contributed by atoms with van der Waals surface area (Å²) in [7, 11) is 0. The Bertz CT molecular complexity index is 523. The summed E-state index contributed by atoms with van der Waals surface area (Å²) in [6.45, 7) is 12.4. The second-order valence-electron chi connectivity index (χ2n) is 7.52. The Balaban J connectivity index is 2.31. The third-order valence-electron chi connectivity index (χ3n) is 4.14. The van der Waals surface area contributed by atoms with Crippen LogP contribution in [0.25, 0.3) is 0 Å². The first-order chi connectivity index (χ1) is 10.3. The molecule has 3 nitrogen and oxygen atoms in total. The molecule has 22 heavy (non-hydrogen) atoms. The van der Waals surface area contributed by atoms with Gasteiger partial charge in [0.2, 0.25) is 0 Å². The highest BCUT2D eigenvalue weighted by atomic mass is 16.5. The molecule has 0 aliphatic carbocycles. The number of carbonyl (C=O) groups is 1. The fourth-order valence-electron chi connectivity index (χ4n) is 2.95. The van der Waals surface area contributed by atoms with Crippen LogP contribution in [-0.2, 0) is 5.41 Å². The van der Waals surface area contributed by atoms with Crippen LogP contribution in [0, 0.1) is 5.92 Å². The van der Waals surface area contributed by atoms with Crippen LogP contribution in [-0.4, -0.2) is 25.0 Å². The topological polar surface area (TPSA) is 38.3 Å². The number of carbonyl (C=O) groups excluding carboxylic acids is 1. The molecule has 1 aliphatic rings. The third kappa shape index (κ3) is 4.10. The third-order valence-corrected chi connectivity index (χ3v) is 4.14. The van der Waals surface area contributed by atoms with Crippen LogP contribution in [0.5, 0.6) is 5.75 Å². The summed E-state index contributed by atoms with van der Waals surface area (Å²) < 4.78 is 5.93. The largest absolute Gasteiger partial charge is 0.491 e. The number of hydrogen-bond donors (Lipinski definition) is 1. The lowest BCUT2D eigenvalue weighted by molar-refractivity contribution is 0.0895. The van der Waals surface area contributed by atoms with Crippen molar-refractivity contribution < 1.29 is 9.53 Å². The zero-order valence-corrected chi connectivity index (χ0v) is 14.5. The first-order valence-electron chi connectivity index (χ1n) is 8.35. The van der Waals surface area contributed by atoms with E-state index in [1.54, 1.807) is 0 Å².